The van der Waals surface area contributed by atoms with Gasteiger partial charge in [0.2, 0.25) is 0 Å². The van der Waals surface area contributed by atoms with E-state index < -0.39 is 0 Å². The minimum Gasteiger partial charge on any atom is -0.396 e. The van der Waals surface area contributed by atoms with Crippen molar-refractivity contribution in [2.45, 2.75) is 19.9 Å². The number of hydrogen-bond acceptors (Lipinski definition) is 2. The van der Waals surface area contributed by atoms with E-state index in [-0.39, 0.29) is 18.1 Å². The maximum Gasteiger partial charge on any atom is 0.0480 e. The number of aliphatic hydroxyl groups excluding tert-OH is 1. The summed E-state index contributed by atoms with van der Waals surface area (Å²) in [7, 11) is 0. The predicted octanol–water partition coefficient (Wildman–Crippen LogP) is -0.0380. The second kappa shape index (κ2) is 1.45. The number of aliphatic hydroxyl groups is 1. The average molecular weight is 115 g/mol. The molecule has 2 heteroatoms. The van der Waals surface area contributed by atoms with Crippen LogP contribution in [0, 0.1) is 11.3 Å². The number of hydrogen-bond donors (Lipinski definition) is 2. The third-order valence-electron chi connectivity index (χ3n) is 2.34. The fourth-order valence-corrected chi connectivity index (χ4v) is 1.14. The number of nitrogens with two attached hydrogens (primary N) is 1. The highest BCUT2D eigenvalue weighted by molar-refractivity contribution is 5.08. The van der Waals surface area contributed by atoms with Crippen LogP contribution in [0.2, 0.25) is 0 Å². The summed E-state index contributed by atoms with van der Waals surface area (Å²) < 4.78 is 0. The Kier molecular flexibility index (Phi) is 1.10. The zero-order valence-electron chi connectivity index (χ0n) is 5.39. The summed E-state index contributed by atoms with van der Waals surface area (Å²) in [6, 6.07) is 0.229. The van der Waals surface area contributed by atoms with Gasteiger partial charge in [-0.15, -0.1) is 0 Å². The standard InChI is InChI=1S/C6H13NO/c1-6(2)4(3-8)5(6)7/h4-5,8H,3,7H2,1-2H3/t4-,5+/m1/s1. The van der Waals surface area contributed by atoms with E-state index >= 15 is 0 Å². The fourth-order valence-electron chi connectivity index (χ4n) is 1.14. The van der Waals surface area contributed by atoms with Crippen LogP contribution in [0.1, 0.15) is 13.8 Å². The molecule has 2 atom stereocenters. The average Bonchev–Trinajstić information content (AvgIpc) is 2.09. The number of rotatable bonds is 1. The molecule has 1 rings (SSSR count). The molecule has 1 aliphatic carbocycles. The van der Waals surface area contributed by atoms with Crippen LogP contribution in [0.4, 0.5) is 0 Å². The van der Waals surface area contributed by atoms with E-state index in [9.17, 15) is 0 Å². The maximum absolute atomic E-state index is 8.63. The summed E-state index contributed by atoms with van der Waals surface area (Å²) in [5.74, 6) is 0.350. The lowest BCUT2D eigenvalue weighted by Crippen LogP contribution is -2.07. The van der Waals surface area contributed by atoms with Crippen molar-refractivity contribution in [3.05, 3.63) is 0 Å². The topological polar surface area (TPSA) is 46.2 Å². The molecular formula is C6H13NO. The molecule has 0 unspecified atom stereocenters. The van der Waals surface area contributed by atoms with E-state index in [0.29, 0.717) is 5.92 Å². The SMILES string of the molecule is CC1(C)[C@H](CO)[C@@H]1N. The van der Waals surface area contributed by atoms with Gasteiger partial charge in [0.05, 0.1) is 0 Å². The van der Waals surface area contributed by atoms with Crippen molar-refractivity contribution >= 4 is 0 Å². The van der Waals surface area contributed by atoms with Gasteiger partial charge in [-0.25, -0.2) is 0 Å². The molecule has 8 heavy (non-hydrogen) atoms. The molecule has 1 saturated carbocycles. The van der Waals surface area contributed by atoms with Crippen molar-refractivity contribution in [2.24, 2.45) is 17.1 Å². The molecule has 0 aromatic heterocycles. The van der Waals surface area contributed by atoms with Gasteiger partial charge in [-0.05, 0) is 5.41 Å². The Balaban J connectivity index is 2.45. The van der Waals surface area contributed by atoms with Gasteiger partial charge in [0.15, 0.2) is 0 Å². The smallest absolute Gasteiger partial charge is 0.0480 e. The molecule has 48 valence electrons. The van der Waals surface area contributed by atoms with E-state index in [0.717, 1.165) is 0 Å². The third-order valence-corrected chi connectivity index (χ3v) is 2.34. The monoisotopic (exact) mass is 115 g/mol. The highest BCUT2D eigenvalue weighted by Gasteiger charge is 2.54. The highest BCUT2D eigenvalue weighted by atomic mass is 16.3. The molecule has 0 heterocycles. The van der Waals surface area contributed by atoms with Gasteiger partial charge < -0.3 is 10.8 Å². The zero-order valence-corrected chi connectivity index (χ0v) is 5.39. The van der Waals surface area contributed by atoms with Crippen LogP contribution in [-0.2, 0) is 0 Å². The van der Waals surface area contributed by atoms with Crippen LogP contribution in [-0.4, -0.2) is 17.8 Å². The van der Waals surface area contributed by atoms with Crippen molar-refractivity contribution in [2.75, 3.05) is 6.61 Å². The normalized spacial score (nSPS) is 42.0. The maximum atomic E-state index is 8.63. The first-order valence-corrected chi connectivity index (χ1v) is 2.97. The van der Waals surface area contributed by atoms with E-state index in [1.165, 1.54) is 0 Å². The first-order valence-electron chi connectivity index (χ1n) is 2.97. The second-order valence-electron chi connectivity index (χ2n) is 3.14. The lowest BCUT2D eigenvalue weighted by Gasteiger charge is -1.95. The van der Waals surface area contributed by atoms with Gasteiger partial charge in [-0.3, -0.25) is 0 Å². The van der Waals surface area contributed by atoms with Crippen LogP contribution < -0.4 is 5.73 Å². The van der Waals surface area contributed by atoms with Crippen molar-refractivity contribution in [3.8, 4) is 0 Å². The van der Waals surface area contributed by atoms with E-state index in [4.69, 9.17) is 10.8 Å². The first kappa shape index (κ1) is 6.05. The van der Waals surface area contributed by atoms with Gasteiger partial charge in [0.25, 0.3) is 0 Å². The Bertz CT molecular complexity index is 101. The van der Waals surface area contributed by atoms with E-state index in [1.807, 2.05) is 0 Å². The Morgan fingerprint density at radius 2 is 2.00 bits per heavy atom. The summed E-state index contributed by atoms with van der Waals surface area (Å²) in [5.41, 5.74) is 5.80. The van der Waals surface area contributed by atoms with Gasteiger partial charge in [-0.2, -0.15) is 0 Å². The van der Waals surface area contributed by atoms with E-state index in [2.05, 4.69) is 13.8 Å². The minimum atomic E-state index is 0.203. The van der Waals surface area contributed by atoms with Crippen molar-refractivity contribution in [1.29, 1.82) is 0 Å². The molecule has 2 nitrogen and oxygen atoms in total. The lowest BCUT2D eigenvalue weighted by atomic mass is 10.1. The molecule has 3 N–H and O–H groups in total. The summed E-state index contributed by atoms with van der Waals surface area (Å²) in [6.45, 7) is 4.41. The van der Waals surface area contributed by atoms with Gasteiger partial charge in [-0.1, -0.05) is 13.8 Å². The third kappa shape index (κ3) is 0.565. The summed E-state index contributed by atoms with van der Waals surface area (Å²) in [5, 5.41) is 8.63. The Morgan fingerprint density at radius 1 is 1.62 bits per heavy atom. The Labute approximate surface area is 49.7 Å². The molecule has 1 aliphatic rings. The van der Waals surface area contributed by atoms with Gasteiger partial charge in [0.1, 0.15) is 0 Å². The molecule has 0 aromatic carbocycles. The zero-order chi connectivity index (χ0) is 6.36. The molecule has 0 amide bonds. The molecule has 0 spiro atoms. The first-order chi connectivity index (χ1) is 3.60. The fraction of sp³-hybridized carbons (Fsp3) is 1.00. The van der Waals surface area contributed by atoms with Crippen LogP contribution >= 0.6 is 0 Å². The predicted molar refractivity (Wildman–Crippen MR) is 32.3 cm³/mol. The van der Waals surface area contributed by atoms with Gasteiger partial charge >= 0.3 is 0 Å². The van der Waals surface area contributed by atoms with Crippen molar-refractivity contribution in [1.82, 2.24) is 0 Å². The second-order valence-corrected chi connectivity index (χ2v) is 3.14. The van der Waals surface area contributed by atoms with Crippen molar-refractivity contribution in [3.63, 3.8) is 0 Å². The molecular weight excluding hydrogens is 102 g/mol. The van der Waals surface area contributed by atoms with Gasteiger partial charge in [0, 0.05) is 18.6 Å². The van der Waals surface area contributed by atoms with Crippen LogP contribution in [0.25, 0.3) is 0 Å². The molecule has 0 saturated heterocycles. The molecule has 0 aromatic rings. The van der Waals surface area contributed by atoms with E-state index in [1.54, 1.807) is 0 Å². The minimum absolute atomic E-state index is 0.203. The Hall–Kier alpha value is -0.0800. The highest BCUT2D eigenvalue weighted by Crippen LogP contribution is 2.49. The largest absolute Gasteiger partial charge is 0.396 e. The molecule has 0 bridgehead atoms. The van der Waals surface area contributed by atoms with Crippen LogP contribution in [0.15, 0.2) is 0 Å². The Morgan fingerprint density at radius 3 is 2.00 bits per heavy atom. The lowest BCUT2D eigenvalue weighted by molar-refractivity contribution is 0.257. The quantitative estimate of drug-likeness (QED) is 0.504. The van der Waals surface area contributed by atoms with Crippen LogP contribution in [0.5, 0.6) is 0 Å². The van der Waals surface area contributed by atoms with Crippen molar-refractivity contribution < 1.29 is 5.11 Å². The molecule has 0 radical (unpaired) electrons. The summed E-state index contributed by atoms with van der Waals surface area (Å²) >= 11 is 0. The summed E-state index contributed by atoms with van der Waals surface area (Å²) in [4.78, 5) is 0. The molecule has 1 fully saturated rings. The van der Waals surface area contributed by atoms with Crippen LogP contribution in [0.3, 0.4) is 0 Å². The molecule has 0 aliphatic heterocycles. The summed E-state index contributed by atoms with van der Waals surface area (Å²) in [6.07, 6.45) is 0.